The molecule has 1 aliphatic carbocycles. The number of hydrogen-bond acceptors (Lipinski definition) is 7. The first-order valence-electron chi connectivity index (χ1n) is 10.6. The molecule has 11 nitrogen and oxygen atoms in total. The van der Waals surface area contributed by atoms with E-state index in [0.717, 1.165) is 22.3 Å². The van der Waals surface area contributed by atoms with E-state index < -0.39 is 30.6 Å². The molecule has 0 spiro atoms. The lowest BCUT2D eigenvalue weighted by Gasteiger charge is -2.14. The molecule has 2 amide bonds. The molecular formula is C23H23N5O6. The number of benzene rings is 2. The fraction of sp³-hybridized carbons (Fsp3) is 0.261. The monoisotopic (exact) mass is 465 g/mol. The molecule has 0 bridgehead atoms. The molecule has 1 atom stereocenters. The van der Waals surface area contributed by atoms with Crippen molar-refractivity contribution in [3.8, 4) is 11.1 Å². The summed E-state index contributed by atoms with van der Waals surface area (Å²) in [6, 6.07) is 16.1. The van der Waals surface area contributed by atoms with Crippen LogP contribution in [0.4, 0.5) is 4.79 Å². The number of aromatic nitrogens is 3. The Hall–Kier alpha value is -4.25. The Bertz CT molecular complexity index is 1160. The number of aliphatic hydroxyl groups excluding tert-OH is 1. The molecule has 1 aromatic heterocycles. The van der Waals surface area contributed by atoms with E-state index in [2.05, 4.69) is 33.1 Å². The fourth-order valence-corrected chi connectivity index (χ4v) is 3.80. The van der Waals surface area contributed by atoms with E-state index in [4.69, 9.17) is 9.84 Å². The molecule has 1 aliphatic rings. The third kappa shape index (κ3) is 5.04. The Labute approximate surface area is 194 Å². The van der Waals surface area contributed by atoms with Crippen molar-refractivity contribution in [2.75, 3.05) is 19.7 Å². The molecular weight excluding hydrogens is 442 g/mol. The van der Waals surface area contributed by atoms with Crippen molar-refractivity contribution in [3.05, 3.63) is 71.5 Å². The molecule has 4 N–H and O–H groups in total. The number of carboxylic acid groups (broad SMARTS) is 1. The molecule has 0 aliphatic heterocycles. The van der Waals surface area contributed by atoms with Crippen LogP contribution in [0.3, 0.4) is 0 Å². The summed E-state index contributed by atoms with van der Waals surface area (Å²) in [4.78, 5) is 34.7. The van der Waals surface area contributed by atoms with Crippen molar-refractivity contribution in [1.29, 1.82) is 0 Å². The Kier molecular flexibility index (Phi) is 6.83. The number of hydrogen-bond donors (Lipinski definition) is 4. The highest BCUT2D eigenvalue weighted by molar-refractivity contribution is 5.92. The minimum absolute atomic E-state index is 0.0332. The van der Waals surface area contributed by atoms with Crippen LogP contribution < -0.4 is 10.6 Å². The highest BCUT2D eigenvalue weighted by atomic mass is 16.5. The number of ether oxygens (including phenoxy) is 1. The number of carbonyl (C=O) groups is 3. The number of amides is 2. The van der Waals surface area contributed by atoms with Gasteiger partial charge in [-0.25, -0.2) is 14.3 Å². The van der Waals surface area contributed by atoms with Crippen LogP contribution in [-0.4, -0.2) is 69.0 Å². The maximum Gasteiger partial charge on any atom is 0.407 e. The van der Waals surface area contributed by atoms with Crippen molar-refractivity contribution in [1.82, 2.24) is 25.6 Å². The number of carboxylic acids is 1. The van der Waals surface area contributed by atoms with Gasteiger partial charge in [-0.15, -0.1) is 5.10 Å². The van der Waals surface area contributed by atoms with Crippen LogP contribution in [0.25, 0.3) is 11.1 Å². The summed E-state index contributed by atoms with van der Waals surface area (Å²) in [6.07, 6.45) is -0.926. The Balaban J connectivity index is 1.24. The molecule has 0 radical (unpaired) electrons. The Morgan fingerprint density at radius 3 is 2.32 bits per heavy atom. The summed E-state index contributed by atoms with van der Waals surface area (Å²) in [7, 11) is 0. The number of nitrogens with one attached hydrogen (secondary N) is 2. The third-order valence-electron chi connectivity index (χ3n) is 5.47. The summed E-state index contributed by atoms with van der Waals surface area (Å²) < 4.78 is 6.82. The standard InChI is InChI=1S/C23H23N5O6/c29-20(22(31)32)11-25-21(30)19-12-28(27-26-19)10-9-24-23(33)34-13-18-16-7-3-1-5-14(16)15-6-2-4-8-17(15)18/h1-8,12,18,20,29H,9-11,13H2,(H,24,33)(H,25,30)(H,31,32). The lowest BCUT2D eigenvalue weighted by molar-refractivity contribution is -0.146. The van der Waals surface area contributed by atoms with E-state index in [1.807, 2.05) is 36.4 Å². The van der Waals surface area contributed by atoms with E-state index >= 15 is 0 Å². The van der Waals surface area contributed by atoms with Gasteiger partial charge in [-0.1, -0.05) is 53.7 Å². The van der Waals surface area contributed by atoms with Crippen molar-refractivity contribution in [3.63, 3.8) is 0 Å². The van der Waals surface area contributed by atoms with Gasteiger partial charge in [0.05, 0.1) is 19.3 Å². The van der Waals surface area contributed by atoms with E-state index in [1.165, 1.54) is 10.9 Å². The third-order valence-corrected chi connectivity index (χ3v) is 5.47. The number of aliphatic hydroxyl groups is 1. The van der Waals surface area contributed by atoms with E-state index in [-0.39, 0.29) is 31.3 Å². The average Bonchev–Trinajstić information content (AvgIpc) is 3.44. The number of rotatable bonds is 9. The zero-order valence-electron chi connectivity index (χ0n) is 18.0. The van der Waals surface area contributed by atoms with Crippen LogP contribution in [-0.2, 0) is 16.1 Å². The van der Waals surface area contributed by atoms with Crippen LogP contribution in [0.5, 0.6) is 0 Å². The second kappa shape index (κ2) is 10.1. The Morgan fingerprint density at radius 1 is 1.03 bits per heavy atom. The minimum atomic E-state index is -1.71. The summed E-state index contributed by atoms with van der Waals surface area (Å²) in [6.45, 7) is 0.182. The fourth-order valence-electron chi connectivity index (χ4n) is 3.80. The van der Waals surface area contributed by atoms with E-state index in [0.29, 0.717) is 0 Å². The lowest BCUT2D eigenvalue weighted by atomic mass is 9.98. The summed E-state index contributed by atoms with van der Waals surface area (Å²) in [5.41, 5.74) is 4.51. The maximum absolute atomic E-state index is 12.2. The molecule has 0 fully saturated rings. The molecule has 34 heavy (non-hydrogen) atoms. The van der Waals surface area contributed by atoms with Gasteiger partial charge >= 0.3 is 12.1 Å². The largest absolute Gasteiger partial charge is 0.479 e. The van der Waals surface area contributed by atoms with Crippen LogP contribution >= 0.6 is 0 Å². The number of aliphatic carboxylic acids is 1. The number of alkyl carbamates (subject to hydrolysis) is 1. The van der Waals surface area contributed by atoms with Gasteiger partial charge in [0.2, 0.25) is 0 Å². The highest BCUT2D eigenvalue weighted by Gasteiger charge is 2.29. The SMILES string of the molecule is O=C(NCCn1cc(C(=O)NCC(O)C(=O)O)nn1)OCC1c2ccccc2-c2ccccc21. The second-order valence-electron chi connectivity index (χ2n) is 7.68. The maximum atomic E-state index is 12.2. The summed E-state index contributed by atoms with van der Waals surface area (Å²) >= 11 is 0. The van der Waals surface area contributed by atoms with Crippen molar-refractivity contribution < 1.29 is 29.3 Å². The molecule has 4 rings (SSSR count). The molecule has 176 valence electrons. The van der Waals surface area contributed by atoms with E-state index in [1.54, 1.807) is 0 Å². The van der Waals surface area contributed by atoms with Crippen molar-refractivity contribution in [2.24, 2.45) is 0 Å². The van der Waals surface area contributed by atoms with Crippen molar-refractivity contribution in [2.45, 2.75) is 18.6 Å². The number of fused-ring (bicyclic) bond motifs is 3. The van der Waals surface area contributed by atoms with Gasteiger partial charge in [0.1, 0.15) is 6.61 Å². The average molecular weight is 465 g/mol. The predicted molar refractivity (Wildman–Crippen MR) is 119 cm³/mol. The Morgan fingerprint density at radius 2 is 1.68 bits per heavy atom. The summed E-state index contributed by atoms with van der Waals surface area (Å²) in [5, 5.41) is 30.2. The van der Waals surface area contributed by atoms with Gasteiger partial charge in [0.15, 0.2) is 11.8 Å². The normalized spacial score (nSPS) is 13.0. The van der Waals surface area contributed by atoms with Crippen LogP contribution in [0.15, 0.2) is 54.7 Å². The lowest BCUT2D eigenvalue weighted by Crippen LogP contribution is -2.36. The summed E-state index contributed by atoms with van der Waals surface area (Å²) in [5.74, 6) is -2.14. The molecule has 2 aromatic carbocycles. The van der Waals surface area contributed by atoms with Gasteiger partial charge in [-0.3, -0.25) is 4.79 Å². The first kappa shape index (κ1) is 22.9. The van der Waals surface area contributed by atoms with Crippen LogP contribution in [0.2, 0.25) is 0 Å². The smallest absolute Gasteiger partial charge is 0.407 e. The van der Waals surface area contributed by atoms with Gasteiger partial charge in [-0.2, -0.15) is 0 Å². The highest BCUT2D eigenvalue weighted by Crippen LogP contribution is 2.44. The predicted octanol–water partition coefficient (Wildman–Crippen LogP) is 0.992. The topological polar surface area (TPSA) is 156 Å². The number of carbonyl (C=O) groups excluding carboxylic acids is 2. The van der Waals surface area contributed by atoms with Gasteiger partial charge in [0, 0.05) is 12.5 Å². The zero-order chi connectivity index (χ0) is 24.1. The minimum Gasteiger partial charge on any atom is -0.479 e. The molecule has 0 saturated heterocycles. The van der Waals surface area contributed by atoms with Crippen molar-refractivity contribution >= 4 is 18.0 Å². The number of nitrogens with zero attached hydrogens (tertiary/aromatic N) is 3. The first-order valence-corrected chi connectivity index (χ1v) is 10.6. The molecule has 11 heteroatoms. The molecule has 3 aromatic rings. The molecule has 1 heterocycles. The van der Waals surface area contributed by atoms with Crippen LogP contribution in [0, 0.1) is 0 Å². The quantitative estimate of drug-likeness (QED) is 0.365. The van der Waals surface area contributed by atoms with Crippen LogP contribution in [0.1, 0.15) is 27.5 Å². The van der Waals surface area contributed by atoms with Gasteiger partial charge < -0.3 is 25.6 Å². The second-order valence-corrected chi connectivity index (χ2v) is 7.68. The van der Waals surface area contributed by atoms with E-state index in [9.17, 15) is 19.5 Å². The van der Waals surface area contributed by atoms with Gasteiger partial charge in [0.25, 0.3) is 5.91 Å². The molecule has 0 saturated carbocycles. The zero-order valence-corrected chi connectivity index (χ0v) is 18.0. The molecule has 1 unspecified atom stereocenters. The first-order chi connectivity index (χ1) is 16.4. The van der Waals surface area contributed by atoms with Gasteiger partial charge in [-0.05, 0) is 22.3 Å².